The van der Waals surface area contributed by atoms with E-state index in [0.29, 0.717) is 4.88 Å². The molecule has 0 spiro atoms. The Kier molecular flexibility index (Phi) is 5.06. The Morgan fingerprint density at radius 1 is 1.29 bits per heavy atom. The number of rotatable bonds is 4. The summed E-state index contributed by atoms with van der Waals surface area (Å²) < 4.78 is 5.06. The van der Waals surface area contributed by atoms with E-state index >= 15 is 0 Å². The molecule has 0 aliphatic heterocycles. The number of carbonyl (C=O) groups excluding carboxylic acids is 1. The quantitative estimate of drug-likeness (QED) is 0.398. The summed E-state index contributed by atoms with van der Waals surface area (Å²) in [5, 5.41) is 5.80. The normalized spacial score (nSPS) is 11.3. The molecule has 0 saturated heterocycles. The zero-order valence-electron chi connectivity index (χ0n) is 10.8. The Hall–Kier alpha value is -1.76. The van der Waals surface area contributed by atoms with Crippen LogP contribution in [0.2, 0.25) is 10.0 Å². The average Bonchev–Trinajstić information content (AvgIpc) is 3.00. The van der Waals surface area contributed by atoms with Crippen molar-refractivity contribution in [3.05, 3.63) is 50.1 Å². The maximum Gasteiger partial charge on any atom is 0.371 e. The van der Waals surface area contributed by atoms with Crippen molar-refractivity contribution in [2.45, 2.75) is 0 Å². The van der Waals surface area contributed by atoms with Crippen molar-refractivity contribution in [1.82, 2.24) is 0 Å². The molecule has 0 bridgehead atoms. The van der Waals surface area contributed by atoms with E-state index in [1.165, 1.54) is 30.6 Å². The lowest BCUT2D eigenvalue weighted by Gasteiger charge is -2.09. The lowest BCUT2D eigenvalue weighted by atomic mass is 10.2. The van der Waals surface area contributed by atoms with Crippen molar-refractivity contribution in [1.29, 1.82) is 0 Å². The Morgan fingerprint density at radius 3 is 2.62 bits per heavy atom. The molecule has 2 aromatic rings. The van der Waals surface area contributed by atoms with Crippen LogP contribution in [0, 0.1) is 0 Å². The van der Waals surface area contributed by atoms with Gasteiger partial charge in [0.15, 0.2) is 11.6 Å². The van der Waals surface area contributed by atoms with Gasteiger partial charge < -0.3 is 15.3 Å². The lowest BCUT2D eigenvalue weighted by Crippen LogP contribution is -2.14. The van der Waals surface area contributed by atoms with E-state index < -0.39 is 5.97 Å². The number of methoxy groups -OCH3 is 1. The maximum atomic E-state index is 12.1. The smallest absolute Gasteiger partial charge is 0.371 e. The first kappa shape index (κ1) is 15.6. The number of carbonyl (C=O) groups is 1. The van der Waals surface area contributed by atoms with Crippen LogP contribution in [0.3, 0.4) is 0 Å². The molecular weight excluding hydrogens is 335 g/mol. The Labute approximate surface area is 134 Å². The third-order valence-corrected chi connectivity index (χ3v) is 3.97. The SMILES string of the molecule is COc1c(Cl)ccc(Cl)c1C(=O)O/N=C(\N)c1cccs1. The molecule has 0 aliphatic carbocycles. The molecule has 0 unspecified atom stereocenters. The van der Waals surface area contributed by atoms with Crippen molar-refractivity contribution >= 4 is 46.3 Å². The molecule has 110 valence electrons. The molecule has 2 rings (SSSR count). The molecule has 21 heavy (non-hydrogen) atoms. The topological polar surface area (TPSA) is 73.9 Å². The Bertz CT molecular complexity index is 687. The summed E-state index contributed by atoms with van der Waals surface area (Å²) in [4.78, 5) is 17.6. The van der Waals surface area contributed by atoms with Crippen LogP contribution in [0.4, 0.5) is 0 Å². The van der Waals surface area contributed by atoms with Crippen molar-refractivity contribution < 1.29 is 14.4 Å². The fourth-order valence-electron chi connectivity index (χ4n) is 1.53. The standard InChI is InChI=1S/C13H10Cl2N2O3S/c1-19-11-8(15)5-4-7(14)10(11)13(18)20-17-12(16)9-3-2-6-21-9/h2-6H,1H3,(H2,16,17). The lowest BCUT2D eigenvalue weighted by molar-refractivity contribution is 0.0512. The van der Waals surface area contributed by atoms with Gasteiger partial charge in [-0.3, -0.25) is 0 Å². The first-order chi connectivity index (χ1) is 10.0. The van der Waals surface area contributed by atoms with E-state index in [2.05, 4.69) is 5.16 Å². The molecule has 0 amide bonds. The van der Waals surface area contributed by atoms with Crippen LogP contribution in [0.5, 0.6) is 5.75 Å². The number of nitrogens with two attached hydrogens (primary N) is 1. The molecule has 0 fully saturated rings. The minimum absolute atomic E-state index is 0.00519. The molecule has 1 aromatic carbocycles. The molecule has 2 N–H and O–H groups in total. The number of hydrogen-bond donors (Lipinski definition) is 1. The maximum absolute atomic E-state index is 12.1. The van der Waals surface area contributed by atoms with Gasteiger partial charge in [-0.05, 0) is 23.6 Å². The van der Waals surface area contributed by atoms with E-state index in [1.807, 2.05) is 5.38 Å². The monoisotopic (exact) mass is 344 g/mol. The summed E-state index contributed by atoms with van der Waals surface area (Å²) in [7, 11) is 1.37. The van der Waals surface area contributed by atoms with Crippen molar-refractivity contribution in [2.24, 2.45) is 10.9 Å². The molecule has 8 heteroatoms. The van der Waals surface area contributed by atoms with Crippen LogP contribution < -0.4 is 10.5 Å². The van der Waals surface area contributed by atoms with Gasteiger partial charge in [-0.15, -0.1) is 11.3 Å². The highest BCUT2D eigenvalue weighted by molar-refractivity contribution is 7.12. The van der Waals surface area contributed by atoms with E-state index in [4.69, 9.17) is 38.5 Å². The van der Waals surface area contributed by atoms with Crippen molar-refractivity contribution in [3.63, 3.8) is 0 Å². The van der Waals surface area contributed by atoms with Gasteiger partial charge in [0.2, 0.25) is 0 Å². The Balaban J connectivity index is 2.25. The van der Waals surface area contributed by atoms with Crippen LogP contribution in [0.25, 0.3) is 0 Å². The summed E-state index contributed by atoms with van der Waals surface area (Å²) in [6.07, 6.45) is 0. The van der Waals surface area contributed by atoms with Gasteiger partial charge in [0.05, 0.1) is 22.0 Å². The van der Waals surface area contributed by atoms with Gasteiger partial charge in [0, 0.05) is 0 Å². The molecule has 0 atom stereocenters. The minimum atomic E-state index is -0.807. The van der Waals surface area contributed by atoms with Crippen molar-refractivity contribution in [3.8, 4) is 5.75 Å². The van der Waals surface area contributed by atoms with Crippen LogP contribution in [0.1, 0.15) is 15.2 Å². The highest BCUT2D eigenvalue weighted by Gasteiger charge is 2.21. The third kappa shape index (κ3) is 3.47. The predicted octanol–water partition coefficient (Wildman–Crippen LogP) is 3.54. The second-order valence-electron chi connectivity index (χ2n) is 3.77. The first-order valence-electron chi connectivity index (χ1n) is 5.65. The number of amidine groups is 1. The summed E-state index contributed by atoms with van der Waals surface area (Å²) in [6.45, 7) is 0. The Morgan fingerprint density at radius 2 is 2.00 bits per heavy atom. The molecule has 1 aromatic heterocycles. The predicted molar refractivity (Wildman–Crippen MR) is 83.5 cm³/mol. The van der Waals surface area contributed by atoms with Gasteiger partial charge in [0.1, 0.15) is 5.56 Å². The number of halogens is 2. The van der Waals surface area contributed by atoms with E-state index in [-0.39, 0.29) is 27.2 Å². The molecule has 0 saturated carbocycles. The number of thiophene rings is 1. The summed E-state index contributed by atoms with van der Waals surface area (Å²) in [6, 6.07) is 6.55. The number of benzene rings is 1. The van der Waals surface area contributed by atoms with E-state index in [9.17, 15) is 4.79 Å². The van der Waals surface area contributed by atoms with Gasteiger partial charge in [-0.1, -0.05) is 34.4 Å². The van der Waals surface area contributed by atoms with Gasteiger partial charge >= 0.3 is 5.97 Å². The molecule has 0 aliphatic rings. The summed E-state index contributed by atoms with van der Waals surface area (Å²) in [5.74, 6) is -0.589. The highest BCUT2D eigenvalue weighted by Crippen LogP contribution is 2.34. The van der Waals surface area contributed by atoms with Gasteiger partial charge in [0.25, 0.3) is 0 Å². The second-order valence-corrected chi connectivity index (χ2v) is 5.53. The average molecular weight is 345 g/mol. The number of oxime groups is 1. The van der Waals surface area contributed by atoms with Crippen molar-refractivity contribution in [2.75, 3.05) is 7.11 Å². The highest BCUT2D eigenvalue weighted by atomic mass is 35.5. The van der Waals surface area contributed by atoms with E-state index in [1.54, 1.807) is 12.1 Å². The van der Waals surface area contributed by atoms with Crippen LogP contribution in [0.15, 0.2) is 34.8 Å². The molecule has 1 heterocycles. The summed E-state index contributed by atoms with van der Waals surface area (Å²) >= 11 is 13.3. The number of nitrogens with zero attached hydrogens (tertiary/aromatic N) is 1. The molecule has 0 radical (unpaired) electrons. The van der Waals surface area contributed by atoms with Gasteiger partial charge in [-0.25, -0.2) is 4.79 Å². The number of ether oxygens (including phenoxy) is 1. The first-order valence-corrected chi connectivity index (χ1v) is 7.28. The third-order valence-electron chi connectivity index (χ3n) is 2.47. The summed E-state index contributed by atoms with van der Waals surface area (Å²) in [5.41, 5.74) is 5.69. The van der Waals surface area contributed by atoms with Gasteiger partial charge in [-0.2, -0.15) is 0 Å². The zero-order chi connectivity index (χ0) is 15.4. The number of hydrogen-bond acceptors (Lipinski definition) is 5. The largest absolute Gasteiger partial charge is 0.494 e. The molecular formula is C13H10Cl2N2O3S. The van der Waals surface area contributed by atoms with Crippen LogP contribution >= 0.6 is 34.5 Å². The zero-order valence-corrected chi connectivity index (χ0v) is 13.1. The van der Waals surface area contributed by atoms with Crippen LogP contribution in [-0.2, 0) is 4.84 Å². The van der Waals surface area contributed by atoms with E-state index in [0.717, 1.165) is 0 Å². The molecule has 5 nitrogen and oxygen atoms in total. The minimum Gasteiger partial charge on any atom is -0.494 e. The fraction of sp³-hybridized carbons (Fsp3) is 0.0769. The fourth-order valence-corrected chi connectivity index (χ4v) is 2.61. The van der Waals surface area contributed by atoms with Crippen LogP contribution in [-0.4, -0.2) is 18.9 Å². The second kappa shape index (κ2) is 6.80.